The van der Waals surface area contributed by atoms with Crippen LogP contribution in [0, 0.1) is 18.3 Å². The molecule has 1 aromatic rings. The van der Waals surface area contributed by atoms with Gasteiger partial charge >= 0.3 is 5.97 Å². The van der Waals surface area contributed by atoms with E-state index in [0.29, 0.717) is 31.6 Å². The van der Waals surface area contributed by atoms with Crippen molar-refractivity contribution in [2.45, 2.75) is 53.6 Å². The lowest BCUT2D eigenvalue weighted by molar-refractivity contribution is -0.160. The van der Waals surface area contributed by atoms with Crippen molar-refractivity contribution in [3.63, 3.8) is 0 Å². The lowest BCUT2D eigenvalue weighted by Gasteiger charge is -2.35. The van der Waals surface area contributed by atoms with E-state index in [4.69, 9.17) is 4.74 Å². The molecule has 2 rings (SSSR count). The number of piperidine rings is 1. The summed E-state index contributed by atoms with van der Waals surface area (Å²) in [4.78, 5) is 38.7. The molecule has 1 saturated heterocycles. The molecule has 1 aliphatic rings. The van der Waals surface area contributed by atoms with Gasteiger partial charge in [-0.15, -0.1) is 0 Å². The summed E-state index contributed by atoms with van der Waals surface area (Å²) in [6, 6.07) is 7.42. The molecule has 1 atom stereocenters. The quantitative estimate of drug-likeness (QED) is 0.822. The summed E-state index contributed by atoms with van der Waals surface area (Å²) < 4.78 is 5.36. The molecule has 27 heavy (non-hydrogen) atoms. The monoisotopic (exact) mass is 374 g/mol. The molecule has 0 saturated carbocycles. The molecule has 1 fully saturated rings. The van der Waals surface area contributed by atoms with Crippen LogP contribution in [0.25, 0.3) is 0 Å². The van der Waals surface area contributed by atoms with Gasteiger partial charge in [-0.1, -0.05) is 38.5 Å². The molecule has 1 N–H and O–H groups in total. The maximum Gasteiger partial charge on any atom is 0.309 e. The summed E-state index contributed by atoms with van der Waals surface area (Å²) in [7, 11) is 0. The Kier molecular flexibility index (Phi) is 6.63. The van der Waals surface area contributed by atoms with Crippen LogP contribution in [0.15, 0.2) is 24.3 Å². The van der Waals surface area contributed by atoms with Gasteiger partial charge in [0.15, 0.2) is 6.10 Å². The third-order valence-electron chi connectivity index (χ3n) is 4.74. The molecule has 2 amide bonds. The van der Waals surface area contributed by atoms with Crippen LogP contribution in [-0.2, 0) is 19.1 Å². The van der Waals surface area contributed by atoms with E-state index in [1.54, 1.807) is 11.8 Å². The lowest BCUT2D eigenvalue weighted by Crippen LogP contribution is -2.45. The first-order valence-corrected chi connectivity index (χ1v) is 9.45. The van der Waals surface area contributed by atoms with E-state index in [1.165, 1.54) is 0 Å². The van der Waals surface area contributed by atoms with Gasteiger partial charge in [-0.05, 0) is 38.8 Å². The van der Waals surface area contributed by atoms with Gasteiger partial charge in [0.25, 0.3) is 5.91 Å². The van der Waals surface area contributed by atoms with Crippen LogP contribution in [0.1, 0.15) is 46.1 Å². The number of carbonyl (C=O) groups excluding carboxylic acids is 3. The summed E-state index contributed by atoms with van der Waals surface area (Å²) >= 11 is 0. The van der Waals surface area contributed by atoms with Gasteiger partial charge in [0, 0.05) is 24.2 Å². The standard InChI is InChI=1S/C21H30N2O4/c1-14-6-8-17(9-7-14)22-18(24)15(2)27-19(25)16-10-12-23(13-11-16)20(26)21(3,4)5/h6-9,15-16H,10-13H2,1-5H3,(H,22,24). The van der Waals surface area contributed by atoms with Crippen LogP contribution in [0.3, 0.4) is 0 Å². The zero-order valence-corrected chi connectivity index (χ0v) is 16.9. The topological polar surface area (TPSA) is 75.7 Å². The third-order valence-corrected chi connectivity index (χ3v) is 4.74. The van der Waals surface area contributed by atoms with Crippen molar-refractivity contribution in [1.82, 2.24) is 4.90 Å². The molecule has 148 valence electrons. The van der Waals surface area contributed by atoms with Crippen molar-refractivity contribution in [3.05, 3.63) is 29.8 Å². The predicted octanol–water partition coefficient (Wildman–Crippen LogP) is 3.15. The van der Waals surface area contributed by atoms with Crippen molar-refractivity contribution < 1.29 is 19.1 Å². The zero-order chi connectivity index (χ0) is 20.2. The van der Waals surface area contributed by atoms with Crippen molar-refractivity contribution in [2.75, 3.05) is 18.4 Å². The SMILES string of the molecule is Cc1ccc(NC(=O)C(C)OC(=O)C2CCN(C(=O)C(C)(C)C)CC2)cc1. The minimum absolute atomic E-state index is 0.0974. The van der Waals surface area contributed by atoms with Crippen molar-refractivity contribution >= 4 is 23.5 Å². The molecule has 0 radical (unpaired) electrons. The summed E-state index contributed by atoms with van der Waals surface area (Å²) in [6.07, 6.45) is 0.257. The van der Waals surface area contributed by atoms with E-state index < -0.39 is 11.5 Å². The maximum absolute atomic E-state index is 12.4. The highest BCUT2D eigenvalue weighted by atomic mass is 16.5. The number of hydrogen-bond acceptors (Lipinski definition) is 4. The van der Waals surface area contributed by atoms with Crippen LogP contribution < -0.4 is 5.32 Å². The third kappa shape index (κ3) is 5.81. The molecule has 0 aliphatic carbocycles. The number of rotatable bonds is 4. The van der Waals surface area contributed by atoms with Crippen LogP contribution in [0.5, 0.6) is 0 Å². The van der Waals surface area contributed by atoms with Crippen LogP contribution in [0.4, 0.5) is 5.69 Å². The Morgan fingerprint density at radius 2 is 1.67 bits per heavy atom. The Morgan fingerprint density at radius 3 is 2.19 bits per heavy atom. The van der Waals surface area contributed by atoms with Crippen molar-refractivity contribution in [1.29, 1.82) is 0 Å². The molecular formula is C21H30N2O4. The lowest BCUT2D eigenvalue weighted by atomic mass is 9.91. The summed E-state index contributed by atoms with van der Waals surface area (Å²) in [5.74, 6) is -0.902. The number of amides is 2. The molecule has 1 aliphatic heterocycles. The van der Waals surface area contributed by atoms with Gasteiger partial charge in [0.2, 0.25) is 5.91 Å². The van der Waals surface area contributed by atoms with E-state index in [2.05, 4.69) is 5.32 Å². The number of ether oxygens (including phenoxy) is 1. The van der Waals surface area contributed by atoms with Crippen LogP contribution >= 0.6 is 0 Å². The van der Waals surface area contributed by atoms with Crippen LogP contribution in [0.2, 0.25) is 0 Å². The highest BCUT2D eigenvalue weighted by Gasteiger charge is 2.33. The summed E-state index contributed by atoms with van der Waals surface area (Å²) in [5.41, 5.74) is 1.35. The second kappa shape index (κ2) is 8.55. The predicted molar refractivity (Wildman–Crippen MR) is 104 cm³/mol. The van der Waals surface area contributed by atoms with Gasteiger partial charge in [0.1, 0.15) is 0 Å². The Balaban J connectivity index is 1.82. The fraction of sp³-hybridized carbons (Fsp3) is 0.571. The van der Waals surface area contributed by atoms with Gasteiger partial charge in [-0.2, -0.15) is 0 Å². The van der Waals surface area contributed by atoms with Gasteiger partial charge < -0.3 is 15.0 Å². The number of nitrogens with one attached hydrogen (secondary N) is 1. The first kappa shape index (κ1) is 20.9. The molecule has 1 unspecified atom stereocenters. The first-order chi connectivity index (χ1) is 12.6. The highest BCUT2D eigenvalue weighted by Crippen LogP contribution is 2.24. The molecule has 1 heterocycles. The Bertz CT molecular complexity index is 683. The average Bonchev–Trinajstić information content (AvgIpc) is 2.62. The number of anilines is 1. The second-order valence-electron chi connectivity index (χ2n) is 8.25. The van der Waals surface area contributed by atoms with E-state index in [0.717, 1.165) is 5.56 Å². The van der Waals surface area contributed by atoms with Crippen LogP contribution in [-0.4, -0.2) is 41.9 Å². The maximum atomic E-state index is 12.4. The number of nitrogens with zero attached hydrogens (tertiary/aromatic N) is 1. The molecule has 0 aromatic heterocycles. The normalized spacial score (nSPS) is 16.6. The summed E-state index contributed by atoms with van der Waals surface area (Å²) in [5, 5.41) is 2.75. The van der Waals surface area contributed by atoms with Crippen molar-refractivity contribution in [2.24, 2.45) is 11.3 Å². The number of esters is 1. The summed E-state index contributed by atoms with van der Waals surface area (Å²) in [6.45, 7) is 10.3. The first-order valence-electron chi connectivity index (χ1n) is 9.45. The van der Waals surface area contributed by atoms with E-state index in [-0.39, 0.29) is 23.7 Å². The Hall–Kier alpha value is -2.37. The average molecular weight is 374 g/mol. The smallest absolute Gasteiger partial charge is 0.309 e. The molecule has 1 aromatic carbocycles. The fourth-order valence-electron chi connectivity index (χ4n) is 3.00. The van der Waals surface area contributed by atoms with E-state index >= 15 is 0 Å². The number of likely N-dealkylation sites (tertiary alicyclic amines) is 1. The molecular weight excluding hydrogens is 344 g/mol. The number of carbonyl (C=O) groups is 3. The molecule has 6 nitrogen and oxygen atoms in total. The largest absolute Gasteiger partial charge is 0.452 e. The van der Waals surface area contributed by atoms with Gasteiger partial charge in [-0.3, -0.25) is 14.4 Å². The fourth-order valence-corrected chi connectivity index (χ4v) is 3.00. The minimum atomic E-state index is -0.868. The zero-order valence-electron chi connectivity index (χ0n) is 16.9. The Morgan fingerprint density at radius 1 is 1.11 bits per heavy atom. The van der Waals surface area contributed by atoms with Gasteiger partial charge in [-0.25, -0.2) is 0 Å². The van der Waals surface area contributed by atoms with Crippen molar-refractivity contribution in [3.8, 4) is 0 Å². The molecule has 0 spiro atoms. The van der Waals surface area contributed by atoms with E-state index in [9.17, 15) is 14.4 Å². The number of aryl methyl sites for hydroxylation is 1. The number of benzene rings is 1. The Labute approximate surface area is 161 Å². The minimum Gasteiger partial charge on any atom is -0.452 e. The van der Waals surface area contributed by atoms with E-state index in [1.807, 2.05) is 52.0 Å². The molecule has 6 heteroatoms. The van der Waals surface area contributed by atoms with Gasteiger partial charge in [0.05, 0.1) is 5.92 Å². The second-order valence-corrected chi connectivity index (χ2v) is 8.25. The highest BCUT2D eigenvalue weighted by molar-refractivity contribution is 5.95. The molecule has 0 bridgehead atoms. The number of hydrogen-bond donors (Lipinski definition) is 1.